The molecule has 0 aliphatic heterocycles. The number of rotatable bonds is 3. The van der Waals surface area contributed by atoms with Crippen molar-refractivity contribution in [2.75, 3.05) is 30.0 Å². The summed E-state index contributed by atoms with van der Waals surface area (Å²) in [4.78, 5) is 18.3. The quantitative estimate of drug-likeness (QED) is 0.912. The number of carbonyl (C=O) groups is 1. The molecule has 1 amide bonds. The van der Waals surface area contributed by atoms with Gasteiger partial charge in [-0.3, -0.25) is 4.79 Å². The minimum Gasteiger partial charge on any atom is -0.382 e. The number of carbonyl (C=O) groups excluding carboxylic acids is 1. The number of benzene rings is 1. The lowest BCUT2D eigenvalue weighted by molar-refractivity contribution is 0.103. The van der Waals surface area contributed by atoms with Crippen molar-refractivity contribution in [1.29, 1.82) is 0 Å². The lowest BCUT2D eigenvalue weighted by Gasteiger charge is -2.08. The molecule has 0 bridgehead atoms. The van der Waals surface area contributed by atoms with Gasteiger partial charge in [-0.1, -0.05) is 23.5 Å². The van der Waals surface area contributed by atoms with Crippen LogP contribution in [0.5, 0.6) is 0 Å². The maximum atomic E-state index is 13.7. The fraction of sp³-hybridized carbons (Fsp3) is 0.231. The van der Waals surface area contributed by atoms with Crippen molar-refractivity contribution in [3.63, 3.8) is 0 Å². The van der Waals surface area contributed by atoms with E-state index < -0.39 is 11.7 Å². The molecule has 1 aromatic carbocycles. The van der Waals surface area contributed by atoms with Crippen molar-refractivity contribution < 1.29 is 9.18 Å². The van der Waals surface area contributed by atoms with Crippen molar-refractivity contribution in [2.24, 2.45) is 0 Å². The van der Waals surface area contributed by atoms with Crippen molar-refractivity contribution in [1.82, 2.24) is 4.98 Å². The van der Waals surface area contributed by atoms with Crippen LogP contribution in [-0.2, 0) is 0 Å². The Labute approximate surface area is 120 Å². The maximum absolute atomic E-state index is 13.7. The highest BCUT2D eigenvalue weighted by molar-refractivity contribution is 7.18. The number of nitrogens with two attached hydrogens (primary N) is 1. The molecule has 0 unspecified atom stereocenters. The van der Waals surface area contributed by atoms with E-state index in [1.807, 2.05) is 0 Å². The number of aryl methyl sites for hydroxylation is 1. The van der Waals surface area contributed by atoms with Gasteiger partial charge in [0, 0.05) is 14.1 Å². The van der Waals surface area contributed by atoms with Gasteiger partial charge >= 0.3 is 0 Å². The first kappa shape index (κ1) is 14.3. The third kappa shape index (κ3) is 2.72. The van der Waals surface area contributed by atoms with Gasteiger partial charge in [-0.2, -0.15) is 0 Å². The molecule has 0 saturated carbocycles. The molecule has 0 aliphatic carbocycles. The summed E-state index contributed by atoms with van der Waals surface area (Å²) in [5, 5.41) is 3.17. The summed E-state index contributed by atoms with van der Waals surface area (Å²) in [6, 6.07) is 4.61. The highest BCUT2D eigenvalue weighted by atomic mass is 32.1. The van der Waals surface area contributed by atoms with E-state index in [0.717, 1.165) is 11.3 Å². The average Bonchev–Trinajstić information content (AvgIpc) is 2.76. The molecule has 1 aromatic heterocycles. The summed E-state index contributed by atoms with van der Waals surface area (Å²) >= 11 is 1.16. The number of hydrogen-bond acceptors (Lipinski definition) is 5. The van der Waals surface area contributed by atoms with Crippen molar-refractivity contribution in [3.05, 3.63) is 34.5 Å². The zero-order valence-corrected chi connectivity index (χ0v) is 12.2. The van der Waals surface area contributed by atoms with Gasteiger partial charge in [-0.05, 0) is 18.6 Å². The molecule has 0 spiro atoms. The number of amides is 1. The van der Waals surface area contributed by atoms with Crippen LogP contribution in [0.3, 0.4) is 0 Å². The van der Waals surface area contributed by atoms with Crippen LogP contribution in [0.25, 0.3) is 0 Å². The number of thiazole rings is 1. The summed E-state index contributed by atoms with van der Waals surface area (Å²) in [5.41, 5.74) is 6.54. The molecule has 0 fully saturated rings. The Morgan fingerprint density at radius 1 is 1.45 bits per heavy atom. The van der Waals surface area contributed by atoms with Crippen molar-refractivity contribution in [2.45, 2.75) is 6.92 Å². The Morgan fingerprint density at radius 3 is 2.70 bits per heavy atom. The Hall–Kier alpha value is -2.15. The highest BCUT2D eigenvalue weighted by Crippen LogP contribution is 2.28. The van der Waals surface area contributed by atoms with E-state index in [2.05, 4.69) is 10.3 Å². The number of aromatic nitrogens is 1. The summed E-state index contributed by atoms with van der Waals surface area (Å²) < 4.78 is 13.7. The van der Waals surface area contributed by atoms with Crippen LogP contribution in [0.15, 0.2) is 18.2 Å². The predicted octanol–water partition coefficient (Wildman–Crippen LogP) is 2.49. The minimum atomic E-state index is -0.478. The average molecular weight is 294 g/mol. The van der Waals surface area contributed by atoms with E-state index >= 15 is 0 Å². The fourth-order valence-corrected chi connectivity index (χ4v) is 2.44. The van der Waals surface area contributed by atoms with Crippen LogP contribution in [0.1, 0.15) is 15.2 Å². The van der Waals surface area contributed by atoms with Gasteiger partial charge in [0.25, 0.3) is 5.91 Å². The van der Waals surface area contributed by atoms with Crippen LogP contribution in [0, 0.1) is 12.7 Å². The molecule has 20 heavy (non-hydrogen) atoms. The lowest BCUT2D eigenvalue weighted by atomic mass is 10.2. The summed E-state index contributed by atoms with van der Waals surface area (Å²) in [6.45, 7) is 1.72. The van der Waals surface area contributed by atoms with Gasteiger partial charge in [0.2, 0.25) is 0 Å². The molecule has 0 radical (unpaired) electrons. The topological polar surface area (TPSA) is 71.2 Å². The van der Waals surface area contributed by atoms with Gasteiger partial charge in [0.1, 0.15) is 16.5 Å². The molecular weight excluding hydrogens is 279 g/mol. The molecule has 5 nitrogen and oxygen atoms in total. The van der Waals surface area contributed by atoms with Gasteiger partial charge in [-0.25, -0.2) is 9.37 Å². The van der Waals surface area contributed by atoms with Gasteiger partial charge in [0.15, 0.2) is 5.13 Å². The third-order valence-electron chi connectivity index (χ3n) is 2.69. The first-order chi connectivity index (χ1) is 9.40. The standard InChI is InChI=1S/C13H15FN4OS/c1-7-5-4-6-8(14)9(7)16-12(19)10-11(15)17-13(20-10)18(2)3/h4-6H,15H2,1-3H3,(H,16,19). The SMILES string of the molecule is Cc1cccc(F)c1NC(=O)c1sc(N(C)C)nc1N. The van der Waals surface area contributed by atoms with E-state index in [1.165, 1.54) is 6.07 Å². The largest absolute Gasteiger partial charge is 0.382 e. The third-order valence-corrected chi connectivity index (χ3v) is 3.93. The maximum Gasteiger partial charge on any atom is 0.269 e. The van der Waals surface area contributed by atoms with E-state index in [4.69, 9.17) is 5.73 Å². The normalized spacial score (nSPS) is 10.4. The zero-order chi connectivity index (χ0) is 14.9. The number of nitrogen functional groups attached to an aromatic ring is 1. The zero-order valence-electron chi connectivity index (χ0n) is 11.4. The molecule has 0 atom stereocenters. The van der Waals surface area contributed by atoms with E-state index in [1.54, 1.807) is 38.1 Å². The van der Waals surface area contributed by atoms with E-state index in [0.29, 0.717) is 10.7 Å². The van der Waals surface area contributed by atoms with E-state index in [9.17, 15) is 9.18 Å². The molecule has 0 saturated heterocycles. The first-order valence-corrected chi connectivity index (χ1v) is 6.72. The van der Waals surface area contributed by atoms with Crippen LogP contribution >= 0.6 is 11.3 Å². The summed E-state index contributed by atoms with van der Waals surface area (Å²) in [5.74, 6) is -0.791. The molecule has 0 aliphatic rings. The molecule has 7 heteroatoms. The lowest BCUT2D eigenvalue weighted by Crippen LogP contribution is -2.14. The Balaban J connectivity index is 2.29. The molecule has 106 valence electrons. The molecule has 2 aromatic rings. The van der Waals surface area contributed by atoms with Gasteiger partial charge in [0.05, 0.1) is 5.69 Å². The number of nitrogens with one attached hydrogen (secondary N) is 1. The number of nitrogens with zero attached hydrogens (tertiary/aromatic N) is 2. The second kappa shape index (κ2) is 5.46. The number of hydrogen-bond donors (Lipinski definition) is 2. The Kier molecular flexibility index (Phi) is 3.89. The van der Waals surface area contributed by atoms with Gasteiger partial charge in [-0.15, -0.1) is 0 Å². The number of anilines is 3. The Morgan fingerprint density at radius 2 is 2.15 bits per heavy atom. The number of halogens is 1. The smallest absolute Gasteiger partial charge is 0.269 e. The minimum absolute atomic E-state index is 0.144. The molecule has 1 heterocycles. The van der Waals surface area contributed by atoms with Crippen LogP contribution < -0.4 is 16.0 Å². The fourth-order valence-electron chi connectivity index (χ4n) is 1.63. The summed E-state index contributed by atoms with van der Waals surface area (Å²) in [7, 11) is 3.61. The monoisotopic (exact) mass is 294 g/mol. The second-order valence-electron chi connectivity index (χ2n) is 4.49. The Bertz CT molecular complexity index is 634. The van der Waals surface area contributed by atoms with E-state index in [-0.39, 0.29) is 16.4 Å². The first-order valence-electron chi connectivity index (χ1n) is 5.90. The van der Waals surface area contributed by atoms with Crippen LogP contribution in [0.4, 0.5) is 21.0 Å². The number of para-hydroxylation sites is 1. The van der Waals surface area contributed by atoms with Crippen molar-refractivity contribution >= 4 is 33.9 Å². The highest BCUT2D eigenvalue weighted by Gasteiger charge is 2.19. The predicted molar refractivity (Wildman–Crippen MR) is 79.9 cm³/mol. The molecular formula is C13H15FN4OS. The molecule has 2 rings (SSSR count). The summed E-state index contributed by atoms with van der Waals surface area (Å²) in [6.07, 6.45) is 0. The van der Waals surface area contributed by atoms with Crippen molar-refractivity contribution in [3.8, 4) is 0 Å². The van der Waals surface area contributed by atoms with Crippen LogP contribution in [0.2, 0.25) is 0 Å². The van der Waals surface area contributed by atoms with Crippen LogP contribution in [-0.4, -0.2) is 25.0 Å². The van der Waals surface area contributed by atoms with Gasteiger partial charge < -0.3 is 16.0 Å². The molecule has 3 N–H and O–H groups in total. The second-order valence-corrected chi connectivity index (χ2v) is 5.47.